The van der Waals surface area contributed by atoms with Crippen LogP contribution in [0.25, 0.3) is 21.9 Å². The summed E-state index contributed by atoms with van der Waals surface area (Å²) >= 11 is 0. The van der Waals surface area contributed by atoms with Crippen LogP contribution in [0, 0.1) is 0 Å². The maximum absolute atomic E-state index is 6.19. The number of hydrogen-bond donors (Lipinski definition) is 0. The first-order valence-electron chi connectivity index (χ1n) is 9.48. The van der Waals surface area contributed by atoms with E-state index in [1.54, 1.807) is 0 Å². The normalized spacial score (nSPS) is 13.9. The maximum atomic E-state index is 6.19. The van der Waals surface area contributed by atoms with Crippen LogP contribution in [-0.4, -0.2) is 0 Å². The molecule has 0 aromatic heterocycles. The largest absolute Gasteiger partial charge is 0.488 e. The fourth-order valence-electron chi connectivity index (χ4n) is 3.75. The van der Waals surface area contributed by atoms with E-state index in [4.69, 9.17) is 4.74 Å². The summed E-state index contributed by atoms with van der Waals surface area (Å²) in [6.45, 7) is 14.2. The van der Waals surface area contributed by atoms with Crippen LogP contribution in [0.2, 0.25) is 0 Å². The van der Waals surface area contributed by atoms with Crippen molar-refractivity contribution in [2.75, 3.05) is 0 Å². The van der Waals surface area contributed by atoms with Crippen LogP contribution in [0.15, 0.2) is 48.5 Å². The summed E-state index contributed by atoms with van der Waals surface area (Å²) in [7, 11) is 0. The Bertz CT molecular complexity index is 997. The lowest BCUT2D eigenvalue weighted by Crippen LogP contribution is -2.13. The summed E-state index contributed by atoms with van der Waals surface area (Å²) in [5, 5.41) is 2.61. The molecule has 1 aliphatic heterocycles. The van der Waals surface area contributed by atoms with Gasteiger partial charge in [-0.25, -0.2) is 0 Å². The van der Waals surface area contributed by atoms with E-state index in [0.717, 1.165) is 5.75 Å². The summed E-state index contributed by atoms with van der Waals surface area (Å²) in [5.74, 6) is 1.01. The minimum Gasteiger partial charge on any atom is -0.488 e. The highest BCUT2D eigenvalue weighted by molar-refractivity contribution is 5.94. The third kappa shape index (κ3) is 2.80. The molecule has 0 bridgehead atoms. The Morgan fingerprint density at radius 3 is 2.00 bits per heavy atom. The van der Waals surface area contributed by atoms with Crippen LogP contribution in [0.3, 0.4) is 0 Å². The average Bonchev–Trinajstić information content (AvgIpc) is 2.58. The van der Waals surface area contributed by atoms with E-state index >= 15 is 0 Å². The SMILES string of the molecule is CC(C)(C)c1ccc2c(c1)OCc1c-2ccc2cc(C(C)(C)C)ccc12. The number of ether oxygens (including phenoxy) is 1. The van der Waals surface area contributed by atoms with Gasteiger partial charge in [0, 0.05) is 11.1 Å². The summed E-state index contributed by atoms with van der Waals surface area (Å²) in [4.78, 5) is 0. The molecule has 0 aliphatic carbocycles. The van der Waals surface area contributed by atoms with Crippen LogP contribution in [0.4, 0.5) is 0 Å². The molecule has 1 heteroatoms. The molecule has 0 atom stereocenters. The second-order valence-electron chi connectivity index (χ2n) is 9.53. The third-order valence-electron chi connectivity index (χ3n) is 5.51. The highest BCUT2D eigenvalue weighted by Crippen LogP contribution is 2.42. The van der Waals surface area contributed by atoms with Gasteiger partial charge < -0.3 is 4.74 Å². The molecule has 0 fully saturated rings. The first-order valence-corrected chi connectivity index (χ1v) is 9.48. The molecule has 1 heterocycles. The molecule has 1 nitrogen and oxygen atoms in total. The molecule has 0 amide bonds. The topological polar surface area (TPSA) is 9.23 Å². The van der Waals surface area contributed by atoms with Gasteiger partial charge in [-0.05, 0) is 44.4 Å². The van der Waals surface area contributed by atoms with Crippen LogP contribution < -0.4 is 4.74 Å². The molecule has 0 spiro atoms. The second kappa shape index (κ2) is 5.61. The van der Waals surface area contributed by atoms with Gasteiger partial charge in [0.15, 0.2) is 0 Å². The van der Waals surface area contributed by atoms with Gasteiger partial charge in [-0.2, -0.15) is 0 Å². The van der Waals surface area contributed by atoms with Crippen LogP contribution in [-0.2, 0) is 17.4 Å². The second-order valence-corrected chi connectivity index (χ2v) is 9.53. The Kier molecular flexibility index (Phi) is 3.70. The summed E-state index contributed by atoms with van der Waals surface area (Å²) in [5.41, 5.74) is 6.80. The number of rotatable bonds is 0. The zero-order valence-electron chi connectivity index (χ0n) is 16.7. The zero-order chi connectivity index (χ0) is 18.7. The van der Waals surface area contributed by atoms with Crippen molar-refractivity contribution in [3.05, 3.63) is 65.2 Å². The minimum absolute atomic E-state index is 0.130. The van der Waals surface area contributed by atoms with Gasteiger partial charge >= 0.3 is 0 Å². The van der Waals surface area contributed by atoms with E-state index in [0.29, 0.717) is 6.61 Å². The van der Waals surface area contributed by atoms with E-state index in [2.05, 4.69) is 90.1 Å². The Morgan fingerprint density at radius 2 is 1.31 bits per heavy atom. The van der Waals surface area contributed by atoms with Gasteiger partial charge in [0.25, 0.3) is 0 Å². The summed E-state index contributed by atoms with van der Waals surface area (Å²) in [6, 6.07) is 18.1. The third-order valence-corrected chi connectivity index (χ3v) is 5.51. The van der Waals surface area contributed by atoms with E-state index in [1.165, 1.54) is 38.6 Å². The average molecular weight is 344 g/mol. The minimum atomic E-state index is 0.130. The summed E-state index contributed by atoms with van der Waals surface area (Å²) < 4.78 is 6.19. The fraction of sp³-hybridized carbons (Fsp3) is 0.360. The monoisotopic (exact) mass is 344 g/mol. The predicted octanol–water partition coefficient (Wildman–Crippen LogP) is 6.99. The lowest BCUT2D eigenvalue weighted by atomic mass is 9.83. The standard InChI is InChI=1S/C25H28O/c1-24(2,3)17-8-11-19-16(13-17)7-10-20-21-12-9-18(25(4,5)6)14-23(21)26-15-22(19)20/h7-14H,15H2,1-6H3. The number of benzene rings is 3. The van der Waals surface area contributed by atoms with Gasteiger partial charge in [-0.1, -0.05) is 84.0 Å². The van der Waals surface area contributed by atoms with Gasteiger partial charge in [0.05, 0.1) is 0 Å². The molecule has 0 N–H and O–H groups in total. The lowest BCUT2D eigenvalue weighted by Gasteiger charge is -2.26. The quantitative estimate of drug-likeness (QED) is 0.427. The molecule has 3 aromatic rings. The highest BCUT2D eigenvalue weighted by Gasteiger charge is 2.23. The van der Waals surface area contributed by atoms with Gasteiger partial charge in [-0.15, -0.1) is 0 Å². The van der Waals surface area contributed by atoms with Crippen molar-refractivity contribution in [2.45, 2.75) is 59.0 Å². The smallest absolute Gasteiger partial charge is 0.127 e. The maximum Gasteiger partial charge on any atom is 0.127 e. The van der Waals surface area contributed by atoms with Crippen LogP contribution in [0.1, 0.15) is 58.2 Å². The van der Waals surface area contributed by atoms with Crippen molar-refractivity contribution >= 4 is 10.8 Å². The lowest BCUT2D eigenvalue weighted by molar-refractivity contribution is 0.303. The Hall–Kier alpha value is -2.28. The Morgan fingerprint density at radius 1 is 0.692 bits per heavy atom. The molecule has 0 radical (unpaired) electrons. The zero-order valence-corrected chi connectivity index (χ0v) is 16.7. The molecule has 26 heavy (non-hydrogen) atoms. The predicted molar refractivity (Wildman–Crippen MR) is 111 cm³/mol. The van der Waals surface area contributed by atoms with Crippen molar-refractivity contribution in [1.29, 1.82) is 0 Å². The van der Waals surface area contributed by atoms with Crippen LogP contribution in [0.5, 0.6) is 5.75 Å². The van der Waals surface area contributed by atoms with Gasteiger partial charge in [0.2, 0.25) is 0 Å². The molecule has 4 rings (SSSR count). The Labute approximate surface area is 157 Å². The van der Waals surface area contributed by atoms with E-state index < -0.39 is 0 Å². The van der Waals surface area contributed by atoms with E-state index in [9.17, 15) is 0 Å². The van der Waals surface area contributed by atoms with Crippen molar-refractivity contribution < 1.29 is 4.74 Å². The molecule has 134 valence electrons. The molecular formula is C25H28O. The van der Waals surface area contributed by atoms with Crippen molar-refractivity contribution in [2.24, 2.45) is 0 Å². The van der Waals surface area contributed by atoms with Crippen LogP contribution >= 0.6 is 0 Å². The molecule has 1 aliphatic rings. The summed E-state index contributed by atoms with van der Waals surface area (Å²) in [6.07, 6.45) is 0. The van der Waals surface area contributed by atoms with Gasteiger partial charge in [-0.3, -0.25) is 0 Å². The van der Waals surface area contributed by atoms with E-state index in [1.807, 2.05) is 0 Å². The van der Waals surface area contributed by atoms with Gasteiger partial charge in [0.1, 0.15) is 12.4 Å². The molecule has 3 aromatic carbocycles. The fourth-order valence-corrected chi connectivity index (χ4v) is 3.75. The number of fused-ring (bicyclic) bond motifs is 5. The molecule has 0 saturated carbocycles. The molecular weight excluding hydrogens is 316 g/mol. The highest BCUT2D eigenvalue weighted by atomic mass is 16.5. The Balaban J connectivity index is 1.86. The van der Waals surface area contributed by atoms with E-state index in [-0.39, 0.29) is 10.8 Å². The van der Waals surface area contributed by atoms with Crippen molar-refractivity contribution in [3.63, 3.8) is 0 Å². The molecule has 0 saturated heterocycles. The number of hydrogen-bond acceptors (Lipinski definition) is 1. The first kappa shape index (κ1) is 17.1. The molecule has 0 unspecified atom stereocenters. The van der Waals surface area contributed by atoms with Crippen molar-refractivity contribution in [1.82, 2.24) is 0 Å². The van der Waals surface area contributed by atoms with Crippen molar-refractivity contribution in [3.8, 4) is 16.9 Å². The first-order chi connectivity index (χ1) is 12.1.